The Hall–Kier alpha value is -3.07. The Morgan fingerprint density at radius 3 is 2.21 bits per heavy atom. The van der Waals surface area contributed by atoms with Crippen molar-refractivity contribution in [2.24, 2.45) is 0 Å². The minimum atomic E-state index is -1.71. The van der Waals surface area contributed by atoms with Gasteiger partial charge < -0.3 is 10.2 Å². The van der Waals surface area contributed by atoms with Crippen LogP contribution in [0, 0.1) is 10.1 Å². The number of aliphatic carboxylic acids is 1. The SMILES string of the molecule is O=C(O)C1=C[C@H](O)[C@H]([N+](=O)[O-])[C@@H](N2C(=O)c3ccccc3C2=O)C1. The lowest BCUT2D eigenvalue weighted by Gasteiger charge is -2.33. The Bertz CT molecular complexity index is 766. The highest BCUT2D eigenvalue weighted by Crippen LogP contribution is 2.32. The van der Waals surface area contributed by atoms with Crippen molar-refractivity contribution in [1.29, 1.82) is 0 Å². The summed E-state index contributed by atoms with van der Waals surface area (Å²) < 4.78 is 0. The number of aliphatic hydroxyl groups is 1. The second-order valence-corrected chi connectivity index (χ2v) is 5.56. The van der Waals surface area contributed by atoms with Crippen molar-refractivity contribution in [1.82, 2.24) is 4.90 Å². The van der Waals surface area contributed by atoms with Crippen LogP contribution in [0.2, 0.25) is 0 Å². The van der Waals surface area contributed by atoms with Gasteiger partial charge in [0.05, 0.1) is 11.1 Å². The van der Waals surface area contributed by atoms with Gasteiger partial charge in [0.2, 0.25) is 0 Å². The number of carbonyl (C=O) groups excluding carboxylic acids is 2. The van der Waals surface area contributed by atoms with Gasteiger partial charge in [-0.1, -0.05) is 12.1 Å². The number of amides is 2. The van der Waals surface area contributed by atoms with E-state index in [9.17, 15) is 29.6 Å². The van der Waals surface area contributed by atoms with E-state index in [0.29, 0.717) is 4.90 Å². The van der Waals surface area contributed by atoms with Gasteiger partial charge in [0, 0.05) is 16.9 Å². The van der Waals surface area contributed by atoms with Crippen molar-refractivity contribution in [2.45, 2.75) is 24.6 Å². The molecule has 2 N–H and O–H groups in total. The summed E-state index contributed by atoms with van der Waals surface area (Å²) in [6.45, 7) is 0. The second kappa shape index (κ2) is 5.53. The highest BCUT2D eigenvalue weighted by molar-refractivity contribution is 6.21. The number of nitrogens with zero attached hydrogens (tertiary/aromatic N) is 2. The van der Waals surface area contributed by atoms with E-state index < -0.39 is 47.3 Å². The quantitative estimate of drug-likeness (QED) is 0.454. The monoisotopic (exact) mass is 332 g/mol. The van der Waals surface area contributed by atoms with Crippen LogP contribution in [0.1, 0.15) is 27.1 Å². The zero-order chi connectivity index (χ0) is 17.6. The van der Waals surface area contributed by atoms with Crippen LogP contribution in [0.25, 0.3) is 0 Å². The highest BCUT2D eigenvalue weighted by atomic mass is 16.6. The second-order valence-electron chi connectivity index (χ2n) is 5.56. The lowest BCUT2D eigenvalue weighted by atomic mass is 9.87. The number of carboxylic acids is 1. The normalized spacial score (nSPS) is 26.1. The van der Waals surface area contributed by atoms with E-state index in [2.05, 4.69) is 0 Å². The van der Waals surface area contributed by atoms with E-state index in [1.165, 1.54) is 12.1 Å². The zero-order valence-electron chi connectivity index (χ0n) is 12.2. The van der Waals surface area contributed by atoms with Gasteiger partial charge in [-0.05, 0) is 18.2 Å². The first-order valence-electron chi connectivity index (χ1n) is 7.05. The molecule has 124 valence electrons. The molecule has 2 aliphatic rings. The Kier molecular flexibility index (Phi) is 3.64. The first-order valence-corrected chi connectivity index (χ1v) is 7.05. The Labute approximate surface area is 135 Å². The Morgan fingerprint density at radius 1 is 1.21 bits per heavy atom. The smallest absolute Gasteiger partial charge is 0.331 e. The molecule has 0 bridgehead atoms. The van der Waals surface area contributed by atoms with Gasteiger partial charge in [0.25, 0.3) is 17.9 Å². The number of imide groups is 1. The molecule has 0 aromatic heterocycles. The van der Waals surface area contributed by atoms with E-state index in [1.54, 1.807) is 12.1 Å². The van der Waals surface area contributed by atoms with Crippen LogP contribution in [0.5, 0.6) is 0 Å². The van der Waals surface area contributed by atoms with Crippen LogP contribution in [0.4, 0.5) is 0 Å². The number of carboxylic acid groups (broad SMARTS) is 1. The molecule has 1 aromatic carbocycles. The summed E-state index contributed by atoms with van der Waals surface area (Å²) in [5.41, 5.74) is -0.0711. The molecule has 0 saturated carbocycles. The highest BCUT2D eigenvalue weighted by Gasteiger charge is 2.51. The largest absolute Gasteiger partial charge is 0.478 e. The van der Waals surface area contributed by atoms with Gasteiger partial charge in [-0.3, -0.25) is 24.6 Å². The van der Waals surface area contributed by atoms with E-state index in [1.807, 2.05) is 0 Å². The number of hydrogen-bond acceptors (Lipinski definition) is 6. The van der Waals surface area contributed by atoms with Gasteiger partial charge in [0.15, 0.2) is 0 Å². The molecule has 9 nitrogen and oxygen atoms in total. The number of rotatable bonds is 3. The molecule has 1 aromatic rings. The van der Waals surface area contributed by atoms with Gasteiger partial charge >= 0.3 is 5.97 Å². The molecule has 1 aliphatic heterocycles. The molecule has 3 atom stereocenters. The van der Waals surface area contributed by atoms with Gasteiger partial charge in [0.1, 0.15) is 12.1 Å². The third-order valence-electron chi connectivity index (χ3n) is 4.22. The maximum Gasteiger partial charge on any atom is 0.331 e. The number of nitro groups is 1. The van der Waals surface area contributed by atoms with Crippen molar-refractivity contribution < 1.29 is 29.5 Å². The van der Waals surface area contributed by atoms with Crippen molar-refractivity contribution >= 4 is 17.8 Å². The summed E-state index contributed by atoms with van der Waals surface area (Å²) in [5, 5.41) is 30.4. The molecule has 24 heavy (non-hydrogen) atoms. The summed E-state index contributed by atoms with van der Waals surface area (Å²) in [4.78, 5) is 47.4. The molecular formula is C15H12N2O7. The van der Waals surface area contributed by atoms with E-state index in [-0.39, 0.29) is 16.7 Å². The molecule has 1 aliphatic carbocycles. The zero-order valence-corrected chi connectivity index (χ0v) is 12.2. The van der Waals surface area contributed by atoms with Gasteiger partial charge in [-0.25, -0.2) is 4.79 Å². The summed E-state index contributed by atoms with van der Waals surface area (Å²) in [7, 11) is 0. The van der Waals surface area contributed by atoms with Crippen molar-refractivity contribution in [3.8, 4) is 0 Å². The van der Waals surface area contributed by atoms with E-state index >= 15 is 0 Å². The van der Waals surface area contributed by atoms with E-state index in [0.717, 1.165) is 6.08 Å². The van der Waals surface area contributed by atoms with Gasteiger partial charge in [-0.15, -0.1) is 0 Å². The van der Waals surface area contributed by atoms with E-state index in [4.69, 9.17) is 5.11 Å². The number of fused-ring (bicyclic) bond motifs is 1. The molecule has 1 heterocycles. The predicted molar refractivity (Wildman–Crippen MR) is 77.9 cm³/mol. The molecule has 2 amide bonds. The Balaban J connectivity index is 2.05. The number of hydrogen-bond donors (Lipinski definition) is 2. The fourth-order valence-electron chi connectivity index (χ4n) is 3.12. The maximum absolute atomic E-state index is 12.5. The molecule has 0 unspecified atom stereocenters. The first-order chi connectivity index (χ1) is 11.3. The average molecular weight is 332 g/mol. The maximum atomic E-state index is 12.5. The molecule has 0 saturated heterocycles. The fraction of sp³-hybridized carbons (Fsp3) is 0.267. The van der Waals surface area contributed by atoms with Crippen LogP contribution in [-0.4, -0.2) is 56.0 Å². The molecule has 0 spiro atoms. The molecule has 0 radical (unpaired) electrons. The Morgan fingerprint density at radius 2 is 1.75 bits per heavy atom. The summed E-state index contributed by atoms with van der Waals surface area (Å²) in [5.74, 6) is -2.82. The first kappa shape index (κ1) is 15.8. The summed E-state index contributed by atoms with van der Waals surface area (Å²) in [6, 6.07) is 2.88. The summed E-state index contributed by atoms with van der Waals surface area (Å²) in [6.07, 6.45) is -1.23. The standard InChI is InChI=1S/C15H12N2O7/c18-11-6-7(15(21)22)5-10(12(11)17(23)24)16-13(19)8-3-1-2-4-9(8)14(16)20/h1-4,6,10-12,18H,5H2,(H,21,22)/t10-,11-,12+/m0/s1. The van der Waals surface area contributed by atoms with Crippen LogP contribution in [0.3, 0.4) is 0 Å². The lowest BCUT2D eigenvalue weighted by Crippen LogP contribution is -2.56. The molecular weight excluding hydrogens is 320 g/mol. The molecule has 0 fully saturated rings. The predicted octanol–water partition coefficient (Wildman–Crippen LogP) is 0.0721. The number of aliphatic hydroxyl groups excluding tert-OH is 1. The van der Waals surface area contributed by atoms with Crippen molar-refractivity contribution in [3.63, 3.8) is 0 Å². The van der Waals surface area contributed by atoms with Gasteiger partial charge in [-0.2, -0.15) is 0 Å². The topological polar surface area (TPSA) is 138 Å². The fourth-order valence-corrected chi connectivity index (χ4v) is 3.12. The lowest BCUT2D eigenvalue weighted by molar-refractivity contribution is -0.538. The number of carbonyl (C=O) groups is 3. The van der Waals surface area contributed by atoms with Crippen LogP contribution >= 0.6 is 0 Å². The number of benzene rings is 1. The van der Waals surface area contributed by atoms with Crippen LogP contribution < -0.4 is 0 Å². The average Bonchev–Trinajstić information content (AvgIpc) is 2.78. The third kappa shape index (κ3) is 2.26. The molecule has 9 heteroatoms. The minimum absolute atomic E-state index is 0.102. The van der Waals surface area contributed by atoms with Crippen molar-refractivity contribution in [3.05, 3.63) is 57.2 Å². The minimum Gasteiger partial charge on any atom is -0.478 e. The van der Waals surface area contributed by atoms with Crippen molar-refractivity contribution in [2.75, 3.05) is 0 Å². The third-order valence-corrected chi connectivity index (χ3v) is 4.22. The van der Waals surface area contributed by atoms with Crippen LogP contribution in [-0.2, 0) is 4.79 Å². The van der Waals surface area contributed by atoms with Crippen LogP contribution in [0.15, 0.2) is 35.9 Å². The molecule has 3 rings (SSSR count). The summed E-state index contributed by atoms with van der Waals surface area (Å²) >= 11 is 0.